The van der Waals surface area contributed by atoms with E-state index in [9.17, 15) is 10.2 Å². The second kappa shape index (κ2) is 10.4. The van der Waals surface area contributed by atoms with E-state index in [1.807, 2.05) is 36.9 Å². The number of hydrogen-bond acceptors (Lipinski definition) is 8. The molecule has 2 N–H and O–H groups in total. The molecular formula is C25H33ClN6O3. The summed E-state index contributed by atoms with van der Waals surface area (Å²) in [6.45, 7) is 8.15. The molecule has 2 fully saturated rings. The monoisotopic (exact) mass is 500 g/mol. The Balaban J connectivity index is 1.44. The summed E-state index contributed by atoms with van der Waals surface area (Å²) in [5.41, 5.74) is 2.11. The van der Waals surface area contributed by atoms with E-state index in [4.69, 9.17) is 16.3 Å². The van der Waals surface area contributed by atoms with E-state index >= 15 is 0 Å². The number of fused-ring (bicyclic) bond motifs is 1. The summed E-state index contributed by atoms with van der Waals surface area (Å²) in [5, 5.41) is 25.6. The number of aliphatic hydroxyl groups excluding tert-OH is 2. The third-order valence-corrected chi connectivity index (χ3v) is 7.26. The molecule has 188 valence electrons. The Morgan fingerprint density at radius 3 is 2.66 bits per heavy atom. The summed E-state index contributed by atoms with van der Waals surface area (Å²) in [5.74, 6) is 2.53. The molecule has 2 saturated heterocycles. The molecule has 35 heavy (non-hydrogen) atoms. The summed E-state index contributed by atoms with van der Waals surface area (Å²) in [4.78, 5) is 13.8. The maximum Gasteiger partial charge on any atom is 0.159 e. The van der Waals surface area contributed by atoms with Gasteiger partial charge >= 0.3 is 0 Å². The number of aromatic nitrogens is 4. The van der Waals surface area contributed by atoms with Crippen LogP contribution < -0.4 is 4.90 Å². The van der Waals surface area contributed by atoms with Crippen molar-refractivity contribution in [3.05, 3.63) is 40.8 Å². The van der Waals surface area contributed by atoms with Crippen molar-refractivity contribution in [2.24, 2.45) is 0 Å². The Morgan fingerprint density at radius 2 is 1.91 bits per heavy atom. The maximum atomic E-state index is 9.71. The van der Waals surface area contributed by atoms with Crippen LogP contribution in [0.4, 0.5) is 5.82 Å². The molecule has 9 nitrogen and oxygen atoms in total. The van der Waals surface area contributed by atoms with Crippen LogP contribution in [-0.4, -0.2) is 93.0 Å². The third-order valence-electron chi connectivity index (χ3n) is 6.93. The standard InChI is InChI=1S/C25H33ClN6O3/c1-16(34)13-30-5-3-18(4-6-30)21-10-23-19(9-22(21)26)12-27-32(23)25-11-24(28-17(2)29-25)31-7-8-35-20(14-31)15-33/h9-12,16,18,20,33-34H,3-8,13-15H2,1-2H3. The molecule has 3 aromatic rings. The second-order valence-electron chi connectivity index (χ2n) is 9.67. The first-order valence-corrected chi connectivity index (χ1v) is 12.7. The Hall–Kier alpha value is -2.30. The van der Waals surface area contributed by atoms with Gasteiger partial charge in [-0.25, -0.2) is 14.6 Å². The number of rotatable bonds is 6. The molecule has 0 radical (unpaired) electrons. The molecule has 1 aromatic carbocycles. The Morgan fingerprint density at radius 1 is 1.14 bits per heavy atom. The van der Waals surface area contributed by atoms with Crippen LogP contribution in [0.3, 0.4) is 0 Å². The van der Waals surface area contributed by atoms with Gasteiger partial charge in [0, 0.05) is 36.1 Å². The van der Waals surface area contributed by atoms with Crippen molar-refractivity contribution < 1.29 is 14.9 Å². The Bertz CT molecular complexity index is 1180. The molecule has 4 heterocycles. The zero-order valence-corrected chi connectivity index (χ0v) is 21.0. The van der Waals surface area contributed by atoms with Crippen LogP contribution in [0.5, 0.6) is 0 Å². The minimum Gasteiger partial charge on any atom is -0.394 e. The van der Waals surface area contributed by atoms with Crippen LogP contribution in [0.25, 0.3) is 16.7 Å². The molecular weight excluding hydrogens is 468 g/mol. The molecule has 0 bridgehead atoms. The second-order valence-corrected chi connectivity index (χ2v) is 10.1. The lowest BCUT2D eigenvalue weighted by Crippen LogP contribution is -2.44. The number of β-amino-alcohol motifs (C(OH)–C–C–N with tert-alkyl or cyclic N) is 1. The quantitative estimate of drug-likeness (QED) is 0.532. The van der Waals surface area contributed by atoms with Crippen LogP contribution >= 0.6 is 11.6 Å². The van der Waals surface area contributed by atoms with Gasteiger partial charge in [0.05, 0.1) is 37.1 Å². The van der Waals surface area contributed by atoms with Crippen molar-refractivity contribution >= 4 is 28.3 Å². The Kier molecular flexibility index (Phi) is 7.22. The van der Waals surface area contributed by atoms with Gasteiger partial charge in [0.25, 0.3) is 0 Å². The maximum absolute atomic E-state index is 9.71. The van der Waals surface area contributed by atoms with Crippen molar-refractivity contribution in [2.45, 2.75) is 44.8 Å². The molecule has 2 aromatic heterocycles. The van der Waals surface area contributed by atoms with Crippen LogP contribution in [-0.2, 0) is 4.74 Å². The number of nitrogens with zero attached hydrogens (tertiary/aromatic N) is 6. The minimum atomic E-state index is -0.311. The van der Waals surface area contributed by atoms with Gasteiger partial charge < -0.3 is 24.7 Å². The van der Waals surface area contributed by atoms with Gasteiger partial charge in [-0.3, -0.25) is 0 Å². The predicted molar refractivity (Wildman–Crippen MR) is 136 cm³/mol. The number of benzene rings is 1. The molecule has 5 rings (SSSR count). The molecule has 0 saturated carbocycles. The van der Waals surface area contributed by atoms with E-state index in [0.29, 0.717) is 43.8 Å². The van der Waals surface area contributed by atoms with Crippen molar-refractivity contribution in [1.29, 1.82) is 0 Å². The van der Waals surface area contributed by atoms with Crippen molar-refractivity contribution in [1.82, 2.24) is 24.6 Å². The summed E-state index contributed by atoms with van der Waals surface area (Å²) < 4.78 is 7.46. The third kappa shape index (κ3) is 5.29. The minimum absolute atomic E-state index is 0.0152. The highest BCUT2D eigenvalue weighted by Crippen LogP contribution is 2.36. The number of aliphatic hydroxyl groups is 2. The number of ether oxygens (including phenoxy) is 1. The smallest absolute Gasteiger partial charge is 0.159 e. The molecule has 2 unspecified atom stereocenters. The number of halogens is 1. The lowest BCUT2D eigenvalue weighted by atomic mass is 9.89. The van der Waals surface area contributed by atoms with E-state index in [0.717, 1.165) is 53.2 Å². The normalized spacial score (nSPS) is 21.1. The molecule has 0 spiro atoms. The van der Waals surface area contributed by atoms with E-state index in [-0.39, 0.29) is 18.8 Å². The van der Waals surface area contributed by atoms with Crippen LogP contribution in [0, 0.1) is 6.92 Å². The predicted octanol–water partition coefficient (Wildman–Crippen LogP) is 2.54. The highest BCUT2D eigenvalue weighted by molar-refractivity contribution is 6.32. The fraction of sp³-hybridized carbons (Fsp3) is 0.560. The fourth-order valence-corrected chi connectivity index (χ4v) is 5.53. The number of hydrogen-bond donors (Lipinski definition) is 2. The zero-order chi connectivity index (χ0) is 24.5. The lowest BCUT2D eigenvalue weighted by molar-refractivity contribution is 0.00335. The Labute approximate surface area is 210 Å². The van der Waals surface area contributed by atoms with E-state index < -0.39 is 0 Å². The molecule has 2 aliphatic rings. The largest absolute Gasteiger partial charge is 0.394 e. The van der Waals surface area contributed by atoms with Gasteiger partial charge in [-0.1, -0.05) is 11.6 Å². The van der Waals surface area contributed by atoms with Gasteiger partial charge in [-0.15, -0.1) is 0 Å². The highest BCUT2D eigenvalue weighted by Gasteiger charge is 2.25. The summed E-state index contributed by atoms with van der Waals surface area (Å²) in [6, 6.07) is 6.11. The number of likely N-dealkylation sites (tertiary alicyclic amines) is 1. The number of morpholine rings is 1. The lowest BCUT2D eigenvalue weighted by Gasteiger charge is -2.33. The van der Waals surface area contributed by atoms with Crippen LogP contribution in [0.2, 0.25) is 5.02 Å². The SMILES string of the molecule is Cc1nc(N2CCOC(CO)C2)cc(-n2ncc3cc(Cl)c(C4CCN(CC(C)O)CC4)cc32)n1. The van der Waals surface area contributed by atoms with Gasteiger partial charge in [0.2, 0.25) is 0 Å². The molecule has 2 aliphatic heterocycles. The van der Waals surface area contributed by atoms with Crippen molar-refractivity contribution in [2.75, 3.05) is 50.8 Å². The number of piperidine rings is 1. The number of aryl methyl sites for hydroxylation is 1. The molecule has 0 amide bonds. The van der Waals surface area contributed by atoms with Gasteiger partial charge in [0.15, 0.2) is 5.82 Å². The van der Waals surface area contributed by atoms with E-state index in [1.165, 1.54) is 0 Å². The first kappa shape index (κ1) is 24.4. The van der Waals surface area contributed by atoms with Crippen molar-refractivity contribution in [3.8, 4) is 5.82 Å². The highest BCUT2D eigenvalue weighted by atomic mass is 35.5. The van der Waals surface area contributed by atoms with Gasteiger partial charge in [-0.05, 0) is 63.4 Å². The number of anilines is 1. The zero-order valence-electron chi connectivity index (χ0n) is 20.3. The van der Waals surface area contributed by atoms with Gasteiger partial charge in [-0.2, -0.15) is 5.10 Å². The summed E-state index contributed by atoms with van der Waals surface area (Å²) >= 11 is 6.74. The van der Waals surface area contributed by atoms with E-state index in [2.05, 4.69) is 30.9 Å². The summed E-state index contributed by atoms with van der Waals surface area (Å²) in [6.07, 6.45) is 3.31. The molecule has 0 aliphatic carbocycles. The summed E-state index contributed by atoms with van der Waals surface area (Å²) in [7, 11) is 0. The van der Waals surface area contributed by atoms with Crippen LogP contribution in [0.15, 0.2) is 24.4 Å². The van der Waals surface area contributed by atoms with E-state index in [1.54, 1.807) is 0 Å². The topological polar surface area (TPSA) is 99.8 Å². The van der Waals surface area contributed by atoms with Crippen molar-refractivity contribution in [3.63, 3.8) is 0 Å². The average Bonchev–Trinajstić information content (AvgIpc) is 3.26. The first-order valence-electron chi connectivity index (χ1n) is 12.3. The van der Waals surface area contributed by atoms with Crippen LogP contribution in [0.1, 0.15) is 37.1 Å². The molecule has 10 heteroatoms. The fourth-order valence-electron chi connectivity index (χ4n) is 5.20. The average molecular weight is 501 g/mol. The van der Waals surface area contributed by atoms with Gasteiger partial charge in [0.1, 0.15) is 11.6 Å². The first-order chi connectivity index (χ1) is 16.9. The molecule has 2 atom stereocenters.